The average molecular weight is 204 g/mol. The molecule has 0 atom stereocenters. The maximum atomic E-state index is 12.9. The highest BCUT2D eigenvalue weighted by atomic mass is 19.2. The Labute approximate surface area is 76.8 Å². The summed E-state index contributed by atoms with van der Waals surface area (Å²) >= 11 is 0. The normalized spacial score (nSPS) is 9.71. The molecule has 0 fully saturated rings. The van der Waals surface area contributed by atoms with Crippen LogP contribution in [0.3, 0.4) is 0 Å². The van der Waals surface area contributed by atoms with E-state index < -0.39 is 34.5 Å². The first kappa shape index (κ1) is 10.3. The molecule has 0 aliphatic heterocycles. The van der Waals surface area contributed by atoms with Gasteiger partial charge >= 0.3 is 0 Å². The molecule has 0 aliphatic carbocycles. The number of nitrogens with zero attached hydrogens (tertiary/aromatic N) is 1. The van der Waals surface area contributed by atoms with Crippen molar-refractivity contribution in [3.05, 3.63) is 28.8 Å². The molecule has 1 aromatic rings. The second-order valence-corrected chi connectivity index (χ2v) is 2.37. The minimum absolute atomic E-state index is 0.931. The Bertz CT molecular complexity index is 386. The van der Waals surface area contributed by atoms with Crippen LogP contribution in [0, 0.1) is 34.6 Å². The van der Waals surface area contributed by atoms with Crippen LogP contribution in [-0.2, 0) is 0 Å². The average Bonchev–Trinajstić information content (AvgIpc) is 2.17. The van der Waals surface area contributed by atoms with E-state index in [-0.39, 0.29) is 0 Å². The highest BCUT2D eigenvalue weighted by molar-refractivity contribution is 5.51. The zero-order valence-electron chi connectivity index (χ0n) is 6.96. The Morgan fingerprint density at radius 2 is 1.43 bits per heavy atom. The first-order valence-corrected chi connectivity index (χ1v) is 3.48. The Morgan fingerprint density at radius 1 is 1.00 bits per heavy atom. The monoisotopic (exact) mass is 204 g/mol. The summed E-state index contributed by atoms with van der Waals surface area (Å²) < 4.78 is 51.5. The number of anilines is 1. The molecule has 1 rings (SSSR count). The van der Waals surface area contributed by atoms with E-state index in [1.807, 2.05) is 5.32 Å². The molecular formula is C8H4F4N2. The third-order valence-corrected chi connectivity index (χ3v) is 1.63. The summed E-state index contributed by atoms with van der Waals surface area (Å²) in [4.78, 5) is 0. The van der Waals surface area contributed by atoms with E-state index in [9.17, 15) is 17.6 Å². The van der Waals surface area contributed by atoms with Gasteiger partial charge in [-0.25, -0.2) is 17.6 Å². The lowest BCUT2D eigenvalue weighted by atomic mass is 10.1. The van der Waals surface area contributed by atoms with Crippen molar-refractivity contribution in [2.75, 3.05) is 12.4 Å². The summed E-state index contributed by atoms with van der Waals surface area (Å²) in [6, 6.07) is 1.04. The number of hydrogen-bond donors (Lipinski definition) is 1. The Morgan fingerprint density at radius 3 is 1.71 bits per heavy atom. The molecule has 1 N–H and O–H groups in total. The smallest absolute Gasteiger partial charge is 0.186 e. The van der Waals surface area contributed by atoms with Crippen LogP contribution in [0.2, 0.25) is 0 Å². The third kappa shape index (κ3) is 1.27. The standard InChI is InChI=1S/C8H4F4N2/c1-14-8-6(11)4(9)3(2-13)5(10)7(8)12/h14H,1H3. The lowest BCUT2D eigenvalue weighted by molar-refractivity contribution is 0.455. The predicted molar refractivity (Wildman–Crippen MR) is 40.5 cm³/mol. The topological polar surface area (TPSA) is 35.8 Å². The van der Waals surface area contributed by atoms with Gasteiger partial charge in [-0.15, -0.1) is 0 Å². The Balaban J connectivity index is 3.66. The summed E-state index contributed by atoms with van der Waals surface area (Å²) in [5, 5.41) is 10.2. The highest BCUT2D eigenvalue weighted by Crippen LogP contribution is 2.26. The van der Waals surface area contributed by atoms with Crippen LogP contribution >= 0.6 is 0 Å². The SMILES string of the molecule is CNc1c(F)c(F)c(C#N)c(F)c1F. The minimum atomic E-state index is -1.70. The van der Waals surface area contributed by atoms with Gasteiger partial charge in [0.1, 0.15) is 17.3 Å². The second-order valence-electron chi connectivity index (χ2n) is 2.37. The molecule has 14 heavy (non-hydrogen) atoms. The van der Waals surface area contributed by atoms with Gasteiger partial charge in [-0.05, 0) is 0 Å². The number of nitrogens with one attached hydrogen (secondary N) is 1. The van der Waals surface area contributed by atoms with Crippen LogP contribution in [0.15, 0.2) is 0 Å². The minimum Gasteiger partial charge on any atom is -0.383 e. The molecule has 0 bridgehead atoms. The zero-order valence-corrected chi connectivity index (χ0v) is 6.96. The maximum absolute atomic E-state index is 12.9. The quantitative estimate of drug-likeness (QED) is 0.562. The maximum Gasteiger partial charge on any atom is 0.186 e. The molecule has 0 aliphatic rings. The van der Waals surface area contributed by atoms with Gasteiger partial charge in [0.15, 0.2) is 23.3 Å². The van der Waals surface area contributed by atoms with Crippen molar-refractivity contribution in [1.82, 2.24) is 0 Å². The van der Waals surface area contributed by atoms with Crippen molar-refractivity contribution in [2.45, 2.75) is 0 Å². The molecule has 0 unspecified atom stereocenters. The lowest BCUT2D eigenvalue weighted by Gasteiger charge is -2.06. The Hall–Kier alpha value is -1.77. The molecule has 0 aromatic heterocycles. The van der Waals surface area contributed by atoms with E-state index in [4.69, 9.17) is 5.26 Å². The van der Waals surface area contributed by atoms with Crippen molar-refractivity contribution < 1.29 is 17.6 Å². The van der Waals surface area contributed by atoms with Crippen LogP contribution in [0.5, 0.6) is 0 Å². The third-order valence-electron chi connectivity index (χ3n) is 1.63. The largest absolute Gasteiger partial charge is 0.383 e. The van der Waals surface area contributed by atoms with E-state index in [0.717, 1.165) is 13.1 Å². The fraction of sp³-hybridized carbons (Fsp3) is 0.125. The van der Waals surface area contributed by atoms with Crippen LogP contribution in [0.4, 0.5) is 23.2 Å². The molecule has 0 heterocycles. The first-order valence-electron chi connectivity index (χ1n) is 3.48. The van der Waals surface area contributed by atoms with Crippen LogP contribution < -0.4 is 5.32 Å². The van der Waals surface area contributed by atoms with Crippen molar-refractivity contribution in [3.8, 4) is 6.07 Å². The fourth-order valence-electron chi connectivity index (χ4n) is 0.949. The van der Waals surface area contributed by atoms with E-state index in [2.05, 4.69) is 0 Å². The van der Waals surface area contributed by atoms with Crippen molar-refractivity contribution in [2.24, 2.45) is 0 Å². The van der Waals surface area contributed by atoms with E-state index in [1.165, 1.54) is 0 Å². The Kier molecular flexibility index (Phi) is 2.60. The van der Waals surface area contributed by atoms with Gasteiger partial charge in [0, 0.05) is 7.05 Å². The number of hydrogen-bond acceptors (Lipinski definition) is 2. The van der Waals surface area contributed by atoms with E-state index in [0.29, 0.717) is 0 Å². The van der Waals surface area contributed by atoms with Gasteiger partial charge in [-0.3, -0.25) is 0 Å². The highest BCUT2D eigenvalue weighted by Gasteiger charge is 2.24. The summed E-state index contributed by atoms with van der Waals surface area (Å²) in [7, 11) is 1.10. The van der Waals surface area contributed by atoms with E-state index >= 15 is 0 Å². The van der Waals surface area contributed by atoms with Crippen molar-refractivity contribution in [1.29, 1.82) is 5.26 Å². The molecule has 6 heteroatoms. The van der Waals surface area contributed by atoms with Gasteiger partial charge in [0.25, 0.3) is 0 Å². The van der Waals surface area contributed by atoms with Gasteiger partial charge in [-0.1, -0.05) is 0 Å². The molecule has 2 nitrogen and oxygen atoms in total. The van der Waals surface area contributed by atoms with Crippen molar-refractivity contribution in [3.63, 3.8) is 0 Å². The van der Waals surface area contributed by atoms with Gasteiger partial charge in [0.05, 0.1) is 0 Å². The van der Waals surface area contributed by atoms with Crippen LogP contribution in [0.25, 0.3) is 0 Å². The zero-order chi connectivity index (χ0) is 10.9. The van der Waals surface area contributed by atoms with Gasteiger partial charge in [0.2, 0.25) is 0 Å². The van der Waals surface area contributed by atoms with Gasteiger partial charge in [-0.2, -0.15) is 5.26 Å². The lowest BCUT2D eigenvalue weighted by Crippen LogP contribution is -2.06. The van der Waals surface area contributed by atoms with Gasteiger partial charge < -0.3 is 5.32 Å². The molecular weight excluding hydrogens is 200 g/mol. The second kappa shape index (κ2) is 3.54. The van der Waals surface area contributed by atoms with Crippen molar-refractivity contribution >= 4 is 5.69 Å². The van der Waals surface area contributed by atoms with Crippen LogP contribution in [0.1, 0.15) is 5.56 Å². The number of benzene rings is 1. The molecule has 0 spiro atoms. The number of halogens is 4. The summed E-state index contributed by atoms with van der Waals surface area (Å²) in [5.74, 6) is -6.61. The molecule has 1 aromatic carbocycles. The molecule has 0 radical (unpaired) electrons. The summed E-state index contributed by atoms with van der Waals surface area (Å²) in [6.45, 7) is 0. The summed E-state index contributed by atoms with van der Waals surface area (Å²) in [6.07, 6.45) is 0. The molecule has 74 valence electrons. The first-order chi connectivity index (χ1) is 6.54. The van der Waals surface area contributed by atoms with E-state index in [1.54, 1.807) is 0 Å². The molecule has 0 saturated carbocycles. The number of rotatable bonds is 1. The number of nitriles is 1. The molecule has 0 amide bonds. The predicted octanol–water partition coefficient (Wildman–Crippen LogP) is 2.16. The fourth-order valence-corrected chi connectivity index (χ4v) is 0.949. The molecule has 0 saturated heterocycles. The summed E-state index contributed by atoms with van der Waals surface area (Å²) in [5.41, 5.74) is -2.20. The van der Waals surface area contributed by atoms with Crippen LogP contribution in [-0.4, -0.2) is 7.05 Å².